The fourth-order valence-corrected chi connectivity index (χ4v) is 7.27. The predicted molar refractivity (Wildman–Crippen MR) is 197 cm³/mol. The normalized spacial score (nSPS) is 22.1. The van der Waals surface area contributed by atoms with Crippen LogP contribution in [0.4, 0.5) is 13.2 Å². The molecule has 8 nitrogen and oxygen atoms in total. The summed E-state index contributed by atoms with van der Waals surface area (Å²) in [5.74, 6) is -2.91. The molecule has 0 spiro atoms. The number of benzene rings is 4. The van der Waals surface area contributed by atoms with E-state index >= 15 is 0 Å². The molecule has 4 aromatic carbocycles. The fourth-order valence-electron chi connectivity index (χ4n) is 7.27. The molecule has 4 aromatic rings. The lowest BCUT2D eigenvalue weighted by molar-refractivity contribution is -0.241. The van der Waals surface area contributed by atoms with Gasteiger partial charge in [-0.2, -0.15) is 13.2 Å². The maximum atomic E-state index is 14.8. The number of carbonyl (C=O) groups excluding carboxylic acids is 2. The van der Waals surface area contributed by atoms with E-state index in [2.05, 4.69) is 5.32 Å². The maximum absolute atomic E-state index is 14.8. The van der Waals surface area contributed by atoms with Crippen LogP contribution in [0.1, 0.15) is 54.4 Å². The standard InChI is InChI=1S/C43H47F3N2O6/c44-43(45,46)42(50)48-36(30-51-26-31-16-6-1-7-17-31)38(52-27-32-18-8-2-9-19-32)40(54-29-34-22-12-4-13-23-34)39(53-28-33-20-10-3-11-21-33)37(48)41(49)47-35-24-14-5-15-25-35/h1-4,6-13,16-23,35-40H,5,14-15,24-30H2,(H,47,49)/t36-,37+,38+,39+,40+/m1/s1. The number of amides is 2. The molecule has 2 fully saturated rings. The molecule has 2 aliphatic rings. The Kier molecular flexibility index (Phi) is 13.9. The summed E-state index contributed by atoms with van der Waals surface area (Å²) in [6, 6.07) is 33.4. The highest BCUT2D eigenvalue weighted by Crippen LogP contribution is 2.36. The number of carbonyl (C=O) groups is 2. The van der Waals surface area contributed by atoms with Crippen molar-refractivity contribution in [3.63, 3.8) is 0 Å². The third-order valence-electron chi connectivity index (χ3n) is 9.95. The lowest BCUT2D eigenvalue weighted by atomic mass is 9.85. The average molecular weight is 745 g/mol. The highest BCUT2D eigenvalue weighted by Gasteiger charge is 2.60. The van der Waals surface area contributed by atoms with Gasteiger partial charge >= 0.3 is 12.1 Å². The molecule has 5 atom stereocenters. The first-order chi connectivity index (χ1) is 26.3. The van der Waals surface area contributed by atoms with Crippen molar-refractivity contribution in [3.8, 4) is 0 Å². The van der Waals surface area contributed by atoms with E-state index in [4.69, 9.17) is 18.9 Å². The van der Waals surface area contributed by atoms with Crippen LogP contribution in [0.2, 0.25) is 0 Å². The lowest BCUT2D eigenvalue weighted by Crippen LogP contribution is -2.74. The Bertz CT molecular complexity index is 1730. The minimum atomic E-state index is -5.33. The summed E-state index contributed by atoms with van der Waals surface area (Å²) < 4.78 is 70.4. The van der Waals surface area contributed by atoms with Gasteiger partial charge in [-0.3, -0.25) is 9.59 Å². The van der Waals surface area contributed by atoms with Crippen molar-refractivity contribution < 1.29 is 41.7 Å². The molecule has 1 saturated carbocycles. The summed E-state index contributed by atoms with van der Waals surface area (Å²) in [5.41, 5.74) is 3.08. The minimum absolute atomic E-state index is 0.00964. The van der Waals surface area contributed by atoms with Gasteiger partial charge in [-0.1, -0.05) is 141 Å². The first-order valence-electron chi connectivity index (χ1n) is 18.6. The zero-order valence-electron chi connectivity index (χ0n) is 30.1. The minimum Gasteiger partial charge on any atom is -0.375 e. The van der Waals surface area contributed by atoms with Gasteiger partial charge in [0.25, 0.3) is 0 Å². The molecular weight excluding hydrogens is 697 g/mol. The average Bonchev–Trinajstić information content (AvgIpc) is 3.20. The van der Waals surface area contributed by atoms with Crippen LogP contribution in [-0.4, -0.2) is 65.9 Å². The first kappa shape index (κ1) is 39.2. The molecule has 11 heteroatoms. The number of nitrogens with one attached hydrogen (secondary N) is 1. The Morgan fingerprint density at radius 1 is 0.593 bits per heavy atom. The van der Waals surface area contributed by atoms with Gasteiger partial charge in [-0.05, 0) is 35.1 Å². The zero-order chi connectivity index (χ0) is 37.8. The SMILES string of the molecule is O=C(NC1CCCCC1)[C@@H]1[C@H](OCc2ccccc2)[C@@H](OCc2ccccc2)[C@@H](OCc2ccccc2)[C@@H](COCc2ccccc2)N1C(=O)C(F)(F)F. The Hall–Kier alpha value is -4.55. The Morgan fingerprint density at radius 2 is 1.02 bits per heavy atom. The van der Waals surface area contributed by atoms with Crippen molar-refractivity contribution in [1.82, 2.24) is 10.2 Å². The van der Waals surface area contributed by atoms with Crippen LogP contribution in [0.15, 0.2) is 121 Å². The molecule has 1 aliphatic carbocycles. The largest absolute Gasteiger partial charge is 0.471 e. The number of piperidine rings is 1. The highest BCUT2D eigenvalue weighted by atomic mass is 19.4. The van der Waals surface area contributed by atoms with Crippen molar-refractivity contribution in [2.45, 2.75) is 101 Å². The van der Waals surface area contributed by atoms with Crippen molar-refractivity contribution in [2.24, 2.45) is 0 Å². The van der Waals surface area contributed by atoms with Crippen molar-refractivity contribution >= 4 is 11.8 Å². The molecule has 6 rings (SSSR count). The molecule has 54 heavy (non-hydrogen) atoms. The number of ether oxygens (including phenoxy) is 4. The Labute approximate surface area is 314 Å². The molecule has 0 bridgehead atoms. The fraction of sp³-hybridized carbons (Fsp3) is 0.395. The van der Waals surface area contributed by atoms with Crippen LogP contribution in [-0.2, 0) is 55.0 Å². The number of likely N-dealkylation sites (tertiary alicyclic amines) is 1. The number of hydrogen-bond donors (Lipinski definition) is 1. The van der Waals surface area contributed by atoms with Crippen LogP contribution >= 0.6 is 0 Å². The number of halogens is 3. The molecule has 1 saturated heterocycles. The molecule has 1 heterocycles. The maximum Gasteiger partial charge on any atom is 0.471 e. The Morgan fingerprint density at radius 3 is 1.48 bits per heavy atom. The van der Waals surface area contributed by atoms with Crippen LogP contribution in [0.5, 0.6) is 0 Å². The molecule has 0 unspecified atom stereocenters. The smallest absolute Gasteiger partial charge is 0.375 e. The van der Waals surface area contributed by atoms with Crippen molar-refractivity contribution in [1.29, 1.82) is 0 Å². The van der Waals surface area contributed by atoms with E-state index in [-0.39, 0.29) is 39.1 Å². The van der Waals surface area contributed by atoms with Crippen LogP contribution in [0.25, 0.3) is 0 Å². The summed E-state index contributed by atoms with van der Waals surface area (Å²) in [4.78, 5) is 29.0. The van der Waals surface area contributed by atoms with Gasteiger partial charge in [0.1, 0.15) is 24.4 Å². The summed E-state index contributed by atoms with van der Waals surface area (Å²) in [5, 5.41) is 3.01. The van der Waals surface area contributed by atoms with Crippen LogP contribution in [0, 0.1) is 0 Å². The second-order valence-electron chi connectivity index (χ2n) is 13.9. The molecule has 0 aromatic heterocycles. The summed E-state index contributed by atoms with van der Waals surface area (Å²) >= 11 is 0. The second-order valence-corrected chi connectivity index (χ2v) is 13.9. The molecule has 1 N–H and O–H groups in total. The number of nitrogens with zero attached hydrogens (tertiary/aromatic N) is 1. The van der Waals surface area contributed by atoms with Gasteiger partial charge in [0, 0.05) is 6.04 Å². The summed E-state index contributed by atoms with van der Waals surface area (Å²) in [7, 11) is 0. The van der Waals surface area contributed by atoms with Gasteiger partial charge in [0.05, 0.1) is 39.1 Å². The first-order valence-corrected chi connectivity index (χ1v) is 18.6. The van der Waals surface area contributed by atoms with Gasteiger partial charge in [0.15, 0.2) is 0 Å². The van der Waals surface area contributed by atoms with Crippen LogP contribution in [0.3, 0.4) is 0 Å². The quantitative estimate of drug-likeness (QED) is 0.135. The molecule has 1 aliphatic heterocycles. The van der Waals surface area contributed by atoms with E-state index < -0.39 is 48.4 Å². The number of hydrogen-bond acceptors (Lipinski definition) is 6. The third kappa shape index (κ3) is 10.6. The zero-order valence-corrected chi connectivity index (χ0v) is 30.1. The number of alkyl halides is 3. The third-order valence-corrected chi connectivity index (χ3v) is 9.95. The van der Waals surface area contributed by atoms with E-state index in [0.717, 1.165) is 41.5 Å². The van der Waals surface area contributed by atoms with Crippen LogP contribution < -0.4 is 5.32 Å². The van der Waals surface area contributed by atoms with E-state index in [1.165, 1.54) is 0 Å². The summed E-state index contributed by atoms with van der Waals surface area (Å²) in [6.45, 7) is -0.342. The molecular formula is C43H47F3N2O6. The van der Waals surface area contributed by atoms with Gasteiger partial charge in [0.2, 0.25) is 5.91 Å². The molecule has 286 valence electrons. The highest BCUT2D eigenvalue weighted by molar-refractivity contribution is 5.91. The van der Waals surface area contributed by atoms with Crippen molar-refractivity contribution in [3.05, 3.63) is 144 Å². The molecule has 0 radical (unpaired) electrons. The monoisotopic (exact) mass is 744 g/mol. The lowest BCUT2D eigenvalue weighted by Gasteiger charge is -2.52. The predicted octanol–water partition coefficient (Wildman–Crippen LogP) is 7.55. The van der Waals surface area contributed by atoms with Gasteiger partial charge < -0.3 is 29.2 Å². The Balaban J connectivity index is 1.45. The summed E-state index contributed by atoms with van der Waals surface area (Å²) in [6.07, 6.45) is -4.89. The molecule has 2 amide bonds. The van der Waals surface area contributed by atoms with E-state index in [1.54, 1.807) is 0 Å². The van der Waals surface area contributed by atoms with Crippen molar-refractivity contribution in [2.75, 3.05) is 6.61 Å². The van der Waals surface area contributed by atoms with E-state index in [1.807, 2.05) is 121 Å². The topological polar surface area (TPSA) is 86.3 Å². The van der Waals surface area contributed by atoms with E-state index in [9.17, 15) is 22.8 Å². The van der Waals surface area contributed by atoms with E-state index in [0.29, 0.717) is 17.7 Å². The number of rotatable bonds is 15. The second kappa shape index (κ2) is 19.2. The van der Waals surface area contributed by atoms with Gasteiger partial charge in [-0.25, -0.2) is 0 Å². The van der Waals surface area contributed by atoms with Gasteiger partial charge in [-0.15, -0.1) is 0 Å².